The van der Waals surface area contributed by atoms with Crippen molar-refractivity contribution in [1.29, 1.82) is 0 Å². The molecule has 2 N–H and O–H groups in total. The van der Waals surface area contributed by atoms with E-state index in [1.807, 2.05) is 13.0 Å². The molecular formula is C11H15FN2O. The van der Waals surface area contributed by atoms with E-state index in [4.69, 9.17) is 5.73 Å². The smallest absolute Gasteiger partial charge is 0.183 e. The molecule has 0 saturated carbocycles. The number of nitrogens with zero attached hydrogens (tertiary/aromatic N) is 1. The number of allylic oxidation sites excluding steroid dienone is 2. The standard InChI is InChI=1S/C8H10N2O.C3H5F/c1-2-4-10-5-3-7(11)6-8(10)9;1-2-3-4/h2-6H,9H2,1H3;2-3H,1H3/b4-2+;3-2+. The van der Waals surface area contributed by atoms with Gasteiger partial charge in [-0.3, -0.25) is 4.79 Å². The molecule has 0 aliphatic rings. The van der Waals surface area contributed by atoms with E-state index in [1.54, 1.807) is 23.9 Å². The fraction of sp³-hybridized carbons (Fsp3) is 0.182. The van der Waals surface area contributed by atoms with Gasteiger partial charge in [0.05, 0.1) is 6.33 Å². The summed E-state index contributed by atoms with van der Waals surface area (Å²) < 4.78 is 12.2. The molecule has 4 heteroatoms. The van der Waals surface area contributed by atoms with E-state index in [2.05, 4.69) is 0 Å². The highest BCUT2D eigenvalue weighted by Gasteiger charge is 1.89. The van der Waals surface area contributed by atoms with Crippen LogP contribution in [0.2, 0.25) is 0 Å². The van der Waals surface area contributed by atoms with Crippen molar-refractivity contribution in [2.24, 2.45) is 0 Å². The minimum Gasteiger partial charge on any atom is -0.385 e. The lowest BCUT2D eigenvalue weighted by Gasteiger charge is -2.01. The Morgan fingerprint density at radius 3 is 2.40 bits per heavy atom. The van der Waals surface area contributed by atoms with Gasteiger partial charge in [0.15, 0.2) is 5.43 Å². The normalized spacial score (nSPS) is 10.3. The molecule has 0 aliphatic carbocycles. The van der Waals surface area contributed by atoms with Gasteiger partial charge in [0, 0.05) is 24.5 Å². The predicted octanol–water partition coefficient (Wildman–Crippen LogP) is 2.41. The van der Waals surface area contributed by atoms with E-state index in [9.17, 15) is 9.18 Å². The van der Waals surface area contributed by atoms with E-state index in [0.29, 0.717) is 12.1 Å². The monoisotopic (exact) mass is 210 g/mol. The van der Waals surface area contributed by atoms with Gasteiger partial charge in [-0.1, -0.05) is 12.2 Å². The number of aromatic nitrogens is 1. The first kappa shape index (κ1) is 13.2. The molecule has 3 nitrogen and oxygen atoms in total. The Balaban J connectivity index is 0.000000423. The van der Waals surface area contributed by atoms with Crippen LogP contribution in [0.4, 0.5) is 10.2 Å². The molecule has 1 aromatic rings. The third-order valence-electron chi connectivity index (χ3n) is 1.42. The molecule has 0 saturated heterocycles. The van der Waals surface area contributed by atoms with Crippen molar-refractivity contribution in [2.45, 2.75) is 13.8 Å². The summed E-state index contributed by atoms with van der Waals surface area (Å²) in [7, 11) is 0. The maximum Gasteiger partial charge on any atom is 0.183 e. The van der Waals surface area contributed by atoms with E-state index in [-0.39, 0.29) is 5.43 Å². The SMILES string of the molecule is C/C=C/F.C/C=C/n1ccc(=O)cc1N. The minimum atomic E-state index is -0.0664. The molecule has 1 aromatic heterocycles. The summed E-state index contributed by atoms with van der Waals surface area (Å²) in [6.45, 7) is 3.51. The highest BCUT2D eigenvalue weighted by molar-refractivity contribution is 5.39. The fourth-order valence-corrected chi connectivity index (χ4v) is 0.805. The van der Waals surface area contributed by atoms with Crippen molar-refractivity contribution in [2.75, 3.05) is 5.73 Å². The fourth-order valence-electron chi connectivity index (χ4n) is 0.805. The van der Waals surface area contributed by atoms with Gasteiger partial charge >= 0.3 is 0 Å². The first-order chi connectivity index (χ1) is 7.15. The molecule has 0 amide bonds. The van der Waals surface area contributed by atoms with Crippen molar-refractivity contribution in [3.63, 3.8) is 0 Å². The molecular weight excluding hydrogens is 195 g/mol. The minimum absolute atomic E-state index is 0.0664. The molecule has 15 heavy (non-hydrogen) atoms. The first-order valence-corrected chi connectivity index (χ1v) is 4.47. The average Bonchev–Trinajstić information content (AvgIpc) is 2.23. The molecule has 0 spiro atoms. The van der Waals surface area contributed by atoms with Crippen LogP contribution in [0.1, 0.15) is 13.8 Å². The maximum absolute atomic E-state index is 10.7. The first-order valence-electron chi connectivity index (χ1n) is 4.47. The highest BCUT2D eigenvalue weighted by atomic mass is 19.1. The number of nitrogen functional groups attached to an aromatic ring is 1. The second-order valence-corrected chi connectivity index (χ2v) is 2.64. The van der Waals surface area contributed by atoms with Crippen LogP contribution in [-0.2, 0) is 0 Å². The molecule has 1 heterocycles. The molecule has 0 bridgehead atoms. The summed E-state index contributed by atoms with van der Waals surface area (Å²) in [5, 5.41) is 0. The summed E-state index contributed by atoms with van der Waals surface area (Å²) in [6, 6.07) is 2.86. The third kappa shape index (κ3) is 5.46. The van der Waals surface area contributed by atoms with E-state index in [1.165, 1.54) is 18.2 Å². The summed E-state index contributed by atoms with van der Waals surface area (Å²) in [4.78, 5) is 10.7. The topological polar surface area (TPSA) is 48.0 Å². The molecule has 1 rings (SSSR count). The lowest BCUT2D eigenvalue weighted by molar-refractivity contribution is 0.719. The largest absolute Gasteiger partial charge is 0.385 e. The van der Waals surface area contributed by atoms with Gasteiger partial charge in [0.2, 0.25) is 0 Å². The quantitative estimate of drug-likeness (QED) is 0.773. The lowest BCUT2D eigenvalue weighted by Crippen LogP contribution is -2.06. The van der Waals surface area contributed by atoms with Crippen LogP contribution in [0.5, 0.6) is 0 Å². The van der Waals surface area contributed by atoms with Gasteiger partial charge in [-0.15, -0.1) is 0 Å². The van der Waals surface area contributed by atoms with Crippen molar-refractivity contribution >= 4 is 12.0 Å². The Kier molecular flexibility index (Phi) is 6.63. The Bertz CT molecular complexity index is 390. The third-order valence-corrected chi connectivity index (χ3v) is 1.42. The van der Waals surface area contributed by atoms with E-state index in [0.717, 1.165) is 0 Å². The number of halogens is 1. The molecule has 0 aromatic carbocycles. The summed E-state index contributed by atoms with van der Waals surface area (Å²) >= 11 is 0. The average molecular weight is 210 g/mol. The zero-order valence-corrected chi connectivity index (χ0v) is 8.85. The Morgan fingerprint density at radius 1 is 1.40 bits per heavy atom. The lowest BCUT2D eigenvalue weighted by atomic mass is 10.4. The van der Waals surface area contributed by atoms with Gasteiger partial charge in [0.25, 0.3) is 0 Å². The summed E-state index contributed by atoms with van der Waals surface area (Å²) in [6.07, 6.45) is 7.10. The zero-order valence-electron chi connectivity index (χ0n) is 8.85. The Labute approximate surface area is 88.3 Å². The summed E-state index contributed by atoms with van der Waals surface area (Å²) in [5.74, 6) is 0.454. The van der Waals surface area contributed by atoms with Crippen molar-refractivity contribution in [1.82, 2.24) is 4.57 Å². The van der Waals surface area contributed by atoms with Crippen LogP contribution in [-0.4, -0.2) is 4.57 Å². The van der Waals surface area contributed by atoms with Crippen LogP contribution >= 0.6 is 0 Å². The number of pyridine rings is 1. The van der Waals surface area contributed by atoms with Crippen LogP contribution < -0.4 is 11.2 Å². The van der Waals surface area contributed by atoms with Crippen molar-refractivity contribution in [3.05, 3.63) is 47.0 Å². The van der Waals surface area contributed by atoms with Gasteiger partial charge in [0.1, 0.15) is 5.82 Å². The maximum atomic E-state index is 10.7. The highest BCUT2D eigenvalue weighted by Crippen LogP contribution is 1.97. The van der Waals surface area contributed by atoms with E-state index < -0.39 is 0 Å². The molecule has 0 aliphatic heterocycles. The zero-order chi connectivity index (χ0) is 11.7. The van der Waals surface area contributed by atoms with Gasteiger partial charge in [-0.25, -0.2) is 4.39 Å². The van der Waals surface area contributed by atoms with Crippen LogP contribution in [0.25, 0.3) is 6.20 Å². The number of hydrogen-bond donors (Lipinski definition) is 1. The second-order valence-electron chi connectivity index (χ2n) is 2.64. The molecule has 0 unspecified atom stereocenters. The Morgan fingerprint density at radius 2 is 2.00 bits per heavy atom. The van der Waals surface area contributed by atoms with E-state index >= 15 is 0 Å². The van der Waals surface area contributed by atoms with Crippen molar-refractivity contribution < 1.29 is 4.39 Å². The molecule has 0 radical (unpaired) electrons. The Hall–Kier alpha value is -1.84. The van der Waals surface area contributed by atoms with Crippen LogP contribution in [0.15, 0.2) is 41.6 Å². The molecule has 82 valence electrons. The van der Waals surface area contributed by atoms with Gasteiger partial charge in [-0.05, 0) is 13.8 Å². The predicted molar refractivity (Wildman–Crippen MR) is 62.0 cm³/mol. The number of rotatable bonds is 1. The summed E-state index contributed by atoms with van der Waals surface area (Å²) in [5.41, 5.74) is 5.45. The molecule has 0 fully saturated rings. The van der Waals surface area contributed by atoms with Gasteiger partial charge < -0.3 is 10.3 Å². The number of nitrogens with two attached hydrogens (primary N) is 1. The molecule has 0 atom stereocenters. The van der Waals surface area contributed by atoms with Crippen molar-refractivity contribution in [3.8, 4) is 0 Å². The second kappa shape index (κ2) is 7.55. The number of hydrogen-bond acceptors (Lipinski definition) is 2. The van der Waals surface area contributed by atoms with Crippen LogP contribution in [0, 0.1) is 0 Å². The van der Waals surface area contributed by atoms with Gasteiger partial charge in [-0.2, -0.15) is 0 Å². The number of anilines is 1. The van der Waals surface area contributed by atoms with Crippen LogP contribution in [0.3, 0.4) is 0 Å².